The fourth-order valence-corrected chi connectivity index (χ4v) is 4.04. The number of carbonyl (C=O) groups excluding carboxylic acids is 1. The summed E-state index contributed by atoms with van der Waals surface area (Å²) in [5.74, 6) is -0.345. The molecule has 0 spiro atoms. The smallest absolute Gasteiger partial charge is 0.298 e. The Morgan fingerprint density at radius 3 is 2.75 bits per heavy atom. The third kappa shape index (κ3) is 3.66. The van der Waals surface area contributed by atoms with Gasteiger partial charge in [0.25, 0.3) is 5.91 Å². The van der Waals surface area contributed by atoms with Crippen molar-refractivity contribution in [2.45, 2.75) is 38.4 Å². The van der Waals surface area contributed by atoms with Crippen molar-refractivity contribution in [3.63, 3.8) is 0 Å². The highest BCUT2D eigenvalue weighted by Gasteiger charge is 2.39. The molecule has 0 fully saturated rings. The van der Waals surface area contributed by atoms with Crippen molar-refractivity contribution < 1.29 is 18.0 Å². The number of hydrogen-bond acceptors (Lipinski definition) is 4. The Morgan fingerprint density at radius 1 is 1.21 bits per heavy atom. The molecule has 1 amide bonds. The van der Waals surface area contributed by atoms with Gasteiger partial charge in [0.2, 0.25) is 0 Å². The number of thiazole rings is 1. The minimum Gasteiger partial charge on any atom is -0.298 e. The van der Waals surface area contributed by atoms with Crippen LogP contribution in [-0.4, -0.2) is 20.7 Å². The summed E-state index contributed by atoms with van der Waals surface area (Å²) in [5, 5.41) is 8.81. The number of amides is 1. The van der Waals surface area contributed by atoms with Crippen LogP contribution in [0.15, 0.2) is 35.8 Å². The topological polar surface area (TPSA) is 59.8 Å². The molecule has 0 saturated heterocycles. The monoisotopic (exact) mass is 406 g/mol. The van der Waals surface area contributed by atoms with Crippen molar-refractivity contribution >= 4 is 22.4 Å². The fourth-order valence-electron chi connectivity index (χ4n) is 3.52. The molecule has 0 aliphatic heterocycles. The molecule has 1 N–H and O–H groups in total. The average molecular weight is 406 g/mol. The SMILES string of the molecule is O=C(Nc1nccs1)c1ccccc1Cn1nc(C(F)(F)F)c2c1CCCC2. The summed E-state index contributed by atoms with van der Waals surface area (Å²) in [6, 6.07) is 6.87. The number of nitrogens with zero attached hydrogens (tertiary/aromatic N) is 3. The summed E-state index contributed by atoms with van der Waals surface area (Å²) in [4.78, 5) is 16.6. The van der Waals surface area contributed by atoms with E-state index in [9.17, 15) is 18.0 Å². The van der Waals surface area contributed by atoms with E-state index in [4.69, 9.17) is 0 Å². The highest BCUT2D eigenvalue weighted by molar-refractivity contribution is 7.13. The Hall–Kier alpha value is -2.68. The summed E-state index contributed by atoms with van der Waals surface area (Å²) in [7, 11) is 0. The molecule has 9 heteroatoms. The average Bonchev–Trinajstić information content (AvgIpc) is 3.30. The molecule has 28 heavy (non-hydrogen) atoms. The molecule has 0 atom stereocenters. The maximum atomic E-state index is 13.4. The highest BCUT2D eigenvalue weighted by Crippen LogP contribution is 2.36. The second kappa shape index (κ2) is 7.38. The lowest BCUT2D eigenvalue weighted by molar-refractivity contribution is -0.142. The van der Waals surface area contributed by atoms with Crippen LogP contribution in [0.3, 0.4) is 0 Å². The third-order valence-corrected chi connectivity index (χ3v) is 5.45. The number of carbonyl (C=O) groups is 1. The van der Waals surface area contributed by atoms with Gasteiger partial charge in [0, 0.05) is 28.4 Å². The number of fused-ring (bicyclic) bond motifs is 1. The van der Waals surface area contributed by atoms with E-state index >= 15 is 0 Å². The molecule has 5 nitrogen and oxygen atoms in total. The molecule has 0 radical (unpaired) electrons. The molecular formula is C19H17F3N4OS. The van der Waals surface area contributed by atoms with Crippen LogP contribution in [0.1, 0.15) is 45.7 Å². The molecule has 1 aromatic carbocycles. The van der Waals surface area contributed by atoms with Gasteiger partial charge in [0.05, 0.1) is 6.54 Å². The number of aromatic nitrogens is 3. The van der Waals surface area contributed by atoms with Gasteiger partial charge in [-0.3, -0.25) is 14.8 Å². The van der Waals surface area contributed by atoms with E-state index < -0.39 is 11.9 Å². The molecule has 4 rings (SSSR count). The Balaban J connectivity index is 1.67. The fraction of sp³-hybridized carbons (Fsp3) is 0.316. The van der Waals surface area contributed by atoms with Crippen LogP contribution >= 0.6 is 11.3 Å². The minimum atomic E-state index is -4.48. The van der Waals surface area contributed by atoms with Gasteiger partial charge < -0.3 is 0 Å². The normalized spacial score (nSPS) is 14.0. The third-order valence-electron chi connectivity index (χ3n) is 4.76. The Bertz CT molecular complexity index is 995. The Morgan fingerprint density at radius 2 is 2.00 bits per heavy atom. The van der Waals surface area contributed by atoms with Crippen molar-refractivity contribution in [2.75, 3.05) is 5.32 Å². The quantitative estimate of drug-likeness (QED) is 0.692. The number of rotatable bonds is 4. The predicted molar refractivity (Wildman–Crippen MR) is 99.5 cm³/mol. The first kappa shape index (κ1) is 18.7. The molecule has 3 aromatic rings. The second-order valence-corrected chi connectivity index (χ2v) is 7.48. The van der Waals surface area contributed by atoms with Crippen molar-refractivity contribution in [3.8, 4) is 0 Å². The zero-order valence-electron chi connectivity index (χ0n) is 14.8. The van der Waals surface area contributed by atoms with Crippen molar-refractivity contribution in [2.24, 2.45) is 0 Å². The summed E-state index contributed by atoms with van der Waals surface area (Å²) in [5.41, 5.74) is 1.12. The lowest BCUT2D eigenvalue weighted by Gasteiger charge is -2.15. The van der Waals surface area contributed by atoms with Gasteiger partial charge in [-0.25, -0.2) is 4.98 Å². The van der Waals surface area contributed by atoms with Gasteiger partial charge in [-0.2, -0.15) is 18.3 Å². The number of benzene rings is 1. The van der Waals surface area contributed by atoms with Crippen LogP contribution in [0.2, 0.25) is 0 Å². The predicted octanol–water partition coefficient (Wildman–Crippen LogP) is 4.54. The van der Waals surface area contributed by atoms with Crippen LogP contribution in [0.5, 0.6) is 0 Å². The maximum absolute atomic E-state index is 13.4. The van der Waals surface area contributed by atoms with Gasteiger partial charge in [0.1, 0.15) is 0 Å². The summed E-state index contributed by atoms with van der Waals surface area (Å²) in [6.45, 7) is 0.111. The molecule has 0 saturated carbocycles. The van der Waals surface area contributed by atoms with Gasteiger partial charge in [-0.1, -0.05) is 18.2 Å². The first-order chi connectivity index (χ1) is 13.4. The number of anilines is 1. The second-order valence-electron chi connectivity index (χ2n) is 6.58. The van der Waals surface area contributed by atoms with Crippen molar-refractivity contribution in [1.29, 1.82) is 0 Å². The van der Waals surface area contributed by atoms with Crippen LogP contribution < -0.4 is 5.32 Å². The number of nitrogens with one attached hydrogen (secondary N) is 1. The van der Waals surface area contributed by atoms with E-state index in [1.807, 2.05) is 0 Å². The first-order valence-electron chi connectivity index (χ1n) is 8.88. The van der Waals surface area contributed by atoms with E-state index in [0.29, 0.717) is 40.4 Å². The largest absolute Gasteiger partial charge is 0.435 e. The molecular weight excluding hydrogens is 389 g/mol. The Kier molecular flexibility index (Phi) is 4.92. The van der Waals surface area contributed by atoms with Gasteiger partial charge in [-0.05, 0) is 37.3 Å². The Labute approximate surface area is 163 Å². The van der Waals surface area contributed by atoms with E-state index in [1.165, 1.54) is 16.0 Å². The zero-order valence-corrected chi connectivity index (χ0v) is 15.6. The highest BCUT2D eigenvalue weighted by atomic mass is 32.1. The van der Waals surface area contributed by atoms with Crippen LogP contribution in [0, 0.1) is 0 Å². The van der Waals surface area contributed by atoms with E-state index in [1.54, 1.807) is 35.8 Å². The minimum absolute atomic E-state index is 0.111. The summed E-state index contributed by atoms with van der Waals surface area (Å²) >= 11 is 1.29. The van der Waals surface area contributed by atoms with Crippen LogP contribution in [0.25, 0.3) is 0 Å². The molecule has 0 bridgehead atoms. The summed E-state index contributed by atoms with van der Waals surface area (Å²) in [6.07, 6.45) is -0.381. The molecule has 0 unspecified atom stereocenters. The molecule has 2 aromatic heterocycles. The first-order valence-corrected chi connectivity index (χ1v) is 9.76. The van der Waals surface area contributed by atoms with E-state index in [2.05, 4.69) is 15.4 Å². The standard InChI is InChI=1S/C19H17F3N4OS/c20-19(21,22)16-14-7-3-4-8-15(14)26(25-16)11-12-5-1-2-6-13(12)17(27)24-18-23-9-10-28-18/h1-2,5-6,9-10H,3-4,7-8,11H2,(H,23,24,27). The van der Waals surface area contributed by atoms with Gasteiger partial charge >= 0.3 is 6.18 Å². The lowest BCUT2D eigenvalue weighted by Crippen LogP contribution is -2.17. The van der Waals surface area contributed by atoms with Gasteiger partial charge in [0.15, 0.2) is 10.8 Å². The number of halogens is 3. The van der Waals surface area contributed by atoms with E-state index in [-0.39, 0.29) is 12.5 Å². The molecule has 2 heterocycles. The van der Waals surface area contributed by atoms with Gasteiger partial charge in [-0.15, -0.1) is 11.3 Å². The zero-order chi connectivity index (χ0) is 19.7. The number of alkyl halides is 3. The maximum Gasteiger partial charge on any atom is 0.435 e. The molecule has 1 aliphatic carbocycles. The molecule has 1 aliphatic rings. The van der Waals surface area contributed by atoms with Crippen molar-refractivity contribution in [1.82, 2.24) is 14.8 Å². The van der Waals surface area contributed by atoms with Crippen molar-refractivity contribution in [3.05, 3.63) is 63.9 Å². The van der Waals surface area contributed by atoms with Crippen LogP contribution in [0.4, 0.5) is 18.3 Å². The lowest BCUT2D eigenvalue weighted by atomic mass is 9.95. The number of hydrogen-bond donors (Lipinski definition) is 1. The van der Waals surface area contributed by atoms with Crippen LogP contribution in [-0.2, 0) is 25.6 Å². The molecule has 146 valence electrons. The summed E-state index contributed by atoms with van der Waals surface area (Å²) < 4.78 is 41.6. The van der Waals surface area contributed by atoms with E-state index in [0.717, 1.165) is 12.8 Å².